The largest absolute Gasteiger partial charge is 0.461 e. The molecule has 0 spiro atoms. The first-order chi connectivity index (χ1) is 7.91. The predicted octanol–water partition coefficient (Wildman–Crippen LogP) is 2.15. The first-order valence-corrected chi connectivity index (χ1v) is 4.55. The van der Waals surface area contributed by atoms with Crippen molar-refractivity contribution in [2.75, 3.05) is 6.61 Å². The zero-order valence-corrected chi connectivity index (χ0v) is 8.71. The van der Waals surface area contributed by atoms with Crippen molar-refractivity contribution in [1.29, 1.82) is 5.26 Å². The molecule has 0 saturated heterocycles. The van der Waals surface area contributed by atoms with Gasteiger partial charge in [-0.25, -0.2) is 9.78 Å². The monoisotopic (exact) mass is 244 g/mol. The van der Waals surface area contributed by atoms with Crippen molar-refractivity contribution < 1.29 is 22.7 Å². The Kier molecular flexibility index (Phi) is 3.68. The third-order valence-electron chi connectivity index (χ3n) is 1.82. The van der Waals surface area contributed by atoms with E-state index in [2.05, 4.69) is 9.72 Å². The number of hydrogen-bond donors (Lipinski definition) is 0. The number of alkyl halides is 3. The van der Waals surface area contributed by atoms with Crippen LogP contribution < -0.4 is 0 Å². The lowest BCUT2D eigenvalue weighted by molar-refractivity contribution is -0.138. The number of halogens is 3. The second-order valence-corrected chi connectivity index (χ2v) is 2.91. The molecule has 1 aromatic heterocycles. The molecule has 0 saturated carbocycles. The van der Waals surface area contributed by atoms with Crippen molar-refractivity contribution in [1.82, 2.24) is 4.98 Å². The molecule has 0 aliphatic rings. The van der Waals surface area contributed by atoms with Gasteiger partial charge in [0.25, 0.3) is 0 Å². The average molecular weight is 244 g/mol. The Bertz CT molecular complexity index is 477. The molecule has 0 unspecified atom stereocenters. The van der Waals surface area contributed by atoms with E-state index in [1.807, 2.05) is 0 Å². The third-order valence-corrected chi connectivity index (χ3v) is 1.82. The average Bonchev–Trinajstić information content (AvgIpc) is 2.27. The van der Waals surface area contributed by atoms with Crippen molar-refractivity contribution in [3.8, 4) is 6.07 Å². The number of esters is 1. The molecule has 0 bridgehead atoms. The fraction of sp³-hybridized carbons (Fsp3) is 0.300. The molecule has 1 heterocycles. The van der Waals surface area contributed by atoms with Crippen LogP contribution in [-0.4, -0.2) is 17.6 Å². The van der Waals surface area contributed by atoms with Crippen LogP contribution in [0.5, 0.6) is 0 Å². The van der Waals surface area contributed by atoms with Crippen LogP contribution in [0.3, 0.4) is 0 Å². The summed E-state index contributed by atoms with van der Waals surface area (Å²) < 4.78 is 42.5. The Hall–Kier alpha value is -2.10. The normalized spacial score (nSPS) is 10.8. The number of nitrogens with zero attached hydrogens (tertiary/aromatic N) is 2. The zero-order chi connectivity index (χ0) is 13.1. The number of pyridine rings is 1. The van der Waals surface area contributed by atoms with E-state index in [0.717, 1.165) is 12.3 Å². The molecule has 1 rings (SSSR count). The minimum Gasteiger partial charge on any atom is -0.461 e. The van der Waals surface area contributed by atoms with Crippen LogP contribution in [0.1, 0.15) is 28.5 Å². The number of carbonyl (C=O) groups excluding carboxylic acids is 1. The highest BCUT2D eigenvalue weighted by molar-refractivity contribution is 5.89. The molecule has 0 radical (unpaired) electrons. The predicted molar refractivity (Wildman–Crippen MR) is 49.9 cm³/mol. The van der Waals surface area contributed by atoms with Crippen molar-refractivity contribution in [2.24, 2.45) is 0 Å². The Morgan fingerprint density at radius 3 is 2.71 bits per heavy atom. The first kappa shape index (κ1) is 13.0. The van der Waals surface area contributed by atoms with E-state index in [4.69, 9.17) is 5.26 Å². The van der Waals surface area contributed by atoms with E-state index in [9.17, 15) is 18.0 Å². The quantitative estimate of drug-likeness (QED) is 0.748. The molecule has 7 heteroatoms. The van der Waals surface area contributed by atoms with Crippen molar-refractivity contribution in [3.05, 3.63) is 29.1 Å². The van der Waals surface area contributed by atoms with E-state index in [-0.39, 0.29) is 6.61 Å². The summed E-state index contributed by atoms with van der Waals surface area (Å²) in [6, 6.07) is 2.27. The summed E-state index contributed by atoms with van der Waals surface area (Å²) >= 11 is 0. The number of rotatable bonds is 2. The molecular formula is C10H7F3N2O2. The number of carbonyl (C=O) groups is 1. The third kappa shape index (κ3) is 2.72. The SMILES string of the molecule is CCOC(=O)c1nccc(C#N)c1C(F)(F)F. The molecule has 0 fully saturated rings. The van der Waals surface area contributed by atoms with Crippen LogP contribution in [0, 0.1) is 11.3 Å². The van der Waals surface area contributed by atoms with Gasteiger partial charge in [0.2, 0.25) is 0 Å². The molecule has 0 aromatic carbocycles. The lowest BCUT2D eigenvalue weighted by Gasteiger charge is -2.12. The van der Waals surface area contributed by atoms with Gasteiger partial charge in [-0.15, -0.1) is 0 Å². The molecule has 0 amide bonds. The maximum absolute atomic E-state index is 12.7. The fourth-order valence-electron chi connectivity index (χ4n) is 1.20. The van der Waals surface area contributed by atoms with E-state index in [1.54, 1.807) is 0 Å². The minimum absolute atomic E-state index is 0.0748. The lowest BCUT2D eigenvalue weighted by atomic mass is 10.1. The van der Waals surface area contributed by atoms with Gasteiger partial charge in [-0.05, 0) is 13.0 Å². The summed E-state index contributed by atoms with van der Waals surface area (Å²) in [6.45, 7) is 1.38. The Labute approximate surface area is 94.6 Å². The topological polar surface area (TPSA) is 63.0 Å². The van der Waals surface area contributed by atoms with Gasteiger partial charge in [0.05, 0.1) is 18.2 Å². The Morgan fingerprint density at radius 2 is 2.24 bits per heavy atom. The summed E-state index contributed by atoms with van der Waals surface area (Å²) in [5.41, 5.74) is -2.91. The minimum atomic E-state index is -4.83. The van der Waals surface area contributed by atoms with Crippen LogP contribution >= 0.6 is 0 Å². The smallest absolute Gasteiger partial charge is 0.420 e. The van der Waals surface area contributed by atoms with Crippen molar-refractivity contribution in [2.45, 2.75) is 13.1 Å². The number of ether oxygens (including phenoxy) is 1. The first-order valence-electron chi connectivity index (χ1n) is 4.55. The second kappa shape index (κ2) is 4.82. The summed E-state index contributed by atoms with van der Waals surface area (Å²) in [5.74, 6) is -1.20. The molecule has 17 heavy (non-hydrogen) atoms. The van der Waals surface area contributed by atoms with Gasteiger partial charge in [-0.1, -0.05) is 0 Å². The van der Waals surface area contributed by atoms with Crippen LogP contribution in [0.15, 0.2) is 12.3 Å². The number of aromatic nitrogens is 1. The fourth-order valence-corrected chi connectivity index (χ4v) is 1.20. The molecule has 0 atom stereocenters. The molecule has 0 aliphatic heterocycles. The molecular weight excluding hydrogens is 237 g/mol. The van der Waals surface area contributed by atoms with Crippen LogP contribution in [-0.2, 0) is 10.9 Å². The number of nitriles is 1. The standard InChI is InChI=1S/C10H7F3N2O2/c1-2-17-9(16)8-7(10(11,12)13)6(5-14)3-4-15-8/h3-4H,2H2,1H3. The highest BCUT2D eigenvalue weighted by Crippen LogP contribution is 2.33. The van der Waals surface area contributed by atoms with Crippen LogP contribution in [0.25, 0.3) is 0 Å². The van der Waals surface area contributed by atoms with E-state index < -0.39 is 29.0 Å². The maximum Gasteiger partial charge on any atom is 0.420 e. The summed E-state index contributed by atoms with van der Waals surface area (Å²) in [6.07, 6.45) is -3.87. The molecule has 4 nitrogen and oxygen atoms in total. The van der Waals surface area contributed by atoms with Gasteiger partial charge >= 0.3 is 12.1 Å². The number of hydrogen-bond acceptors (Lipinski definition) is 4. The van der Waals surface area contributed by atoms with Gasteiger partial charge in [0.1, 0.15) is 5.56 Å². The zero-order valence-electron chi connectivity index (χ0n) is 8.71. The molecule has 0 aliphatic carbocycles. The van der Waals surface area contributed by atoms with Crippen molar-refractivity contribution >= 4 is 5.97 Å². The summed E-state index contributed by atoms with van der Waals surface area (Å²) in [5, 5.41) is 8.59. The molecule has 1 aromatic rings. The lowest BCUT2D eigenvalue weighted by Crippen LogP contribution is -2.18. The molecule has 0 N–H and O–H groups in total. The molecule has 90 valence electrons. The van der Waals surface area contributed by atoms with E-state index >= 15 is 0 Å². The van der Waals surface area contributed by atoms with Crippen molar-refractivity contribution in [3.63, 3.8) is 0 Å². The summed E-state index contributed by atoms with van der Waals surface area (Å²) in [7, 11) is 0. The van der Waals surface area contributed by atoms with Crippen LogP contribution in [0.4, 0.5) is 13.2 Å². The highest BCUT2D eigenvalue weighted by Gasteiger charge is 2.39. The van der Waals surface area contributed by atoms with Gasteiger partial charge in [-0.3, -0.25) is 0 Å². The van der Waals surface area contributed by atoms with E-state index in [0.29, 0.717) is 0 Å². The Balaban J connectivity index is 3.41. The van der Waals surface area contributed by atoms with Gasteiger partial charge in [0, 0.05) is 6.20 Å². The second-order valence-electron chi connectivity index (χ2n) is 2.91. The van der Waals surface area contributed by atoms with Crippen LogP contribution in [0.2, 0.25) is 0 Å². The van der Waals surface area contributed by atoms with Gasteiger partial charge in [0.15, 0.2) is 5.69 Å². The highest BCUT2D eigenvalue weighted by atomic mass is 19.4. The maximum atomic E-state index is 12.7. The Morgan fingerprint density at radius 1 is 1.59 bits per heavy atom. The summed E-state index contributed by atoms with van der Waals surface area (Å²) in [4.78, 5) is 14.6. The van der Waals surface area contributed by atoms with Gasteiger partial charge in [-0.2, -0.15) is 18.4 Å². The van der Waals surface area contributed by atoms with Gasteiger partial charge < -0.3 is 4.74 Å². The van der Waals surface area contributed by atoms with E-state index in [1.165, 1.54) is 13.0 Å².